The van der Waals surface area contributed by atoms with Crippen molar-refractivity contribution in [3.8, 4) is 0 Å². The third kappa shape index (κ3) is 2.53. The average molecular weight is 256 g/mol. The van der Waals surface area contributed by atoms with Gasteiger partial charge in [0.1, 0.15) is 6.04 Å². The Morgan fingerprint density at radius 1 is 1.39 bits per heavy atom. The van der Waals surface area contributed by atoms with E-state index in [1.54, 1.807) is 0 Å². The van der Waals surface area contributed by atoms with Crippen LogP contribution in [-0.2, 0) is 14.3 Å². The van der Waals surface area contributed by atoms with Gasteiger partial charge < -0.3 is 15.2 Å². The Kier molecular flexibility index (Phi) is 4.59. The van der Waals surface area contributed by atoms with Gasteiger partial charge in [-0.15, -0.1) is 0 Å². The molecule has 5 nitrogen and oxygen atoms in total. The van der Waals surface area contributed by atoms with E-state index in [1.807, 2.05) is 6.92 Å². The van der Waals surface area contributed by atoms with Gasteiger partial charge in [0.25, 0.3) is 0 Å². The summed E-state index contributed by atoms with van der Waals surface area (Å²) in [5.41, 5.74) is 6.02. The zero-order valence-corrected chi connectivity index (χ0v) is 11.2. The molecule has 1 aliphatic heterocycles. The molecule has 1 atom stereocenters. The van der Waals surface area contributed by atoms with Crippen molar-refractivity contribution >= 4 is 5.97 Å². The van der Waals surface area contributed by atoms with Crippen LogP contribution in [0.3, 0.4) is 0 Å². The Labute approximate surface area is 109 Å². The van der Waals surface area contributed by atoms with Gasteiger partial charge in [-0.3, -0.25) is 9.69 Å². The summed E-state index contributed by atoms with van der Waals surface area (Å²) < 4.78 is 10.5. The number of morpholine rings is 1. The van der Waals surface area contributed by atoms with E-state index in [2.05, 4.69) is 4.90 Å². The molecular weight excluding hydrogens is 232 g/mol. The Balaban J connectivity index is 2.12. The molecule has 0 aromatic heterocycles. The zero-order chi connectivity index (χ0) is 13.0. The molecule has 18 heavy (non-hydrogen) atoms. The van der Waals surface area contributed by atoms with Crippen molar-refractivity contribution in [2.75, 3.05) is 32.9 Å². The predicted octanol–water partition coefficient (Wildman–Crippen LogP) is 0.522. The first kappa shape index (κ1) is 13.8. The quantitative estimate of drug-likeness (QED) is 0.743. The van der Waals surface area contributed by atoms with E-state index < -0.39 is 6.04 Å². The second-order valence-corrected chi connectivity index (χ2v) is 5.14. The Morgan fingerprint density at radius 3 is 2.56 bits per heavy atom. The number of hydrogen-bond acceptors (Lipinski definition) is 5. The first-order chi connectivity index (χ1) is 8.70. The minimum Gasteiger partial charge on any atom is -0.465 e. The van der Waals surface area contributed by atoms with Crippen LogP contribution in [0, 0.1) is 0 Å². The molecule has 0 aromatic carbocycles. The fourth-order valence-corrected chi connectivity index (χ4v) is 3.27. The molecule has 0 spiro atoms. The van der Waals surface area contributed by atoms with Crippen molar-refractivity contribution in [1.29, 1.82) is 0 Å². The number of carbonyl (C=O) groups excluding carboxylic acids is 1. The summed E-state index contributed by atoms with van der Waals surface area (Å²) in [6, 6.07) is -0.530. The molecular formula is C13H24N2O3. The Bertz CT molecular complexity index is 284. The van der Waals surface area contributed by atoms with Gasteiger partial charge in [-0.2, -0.15) is 0 Å². The fourth-order valence-electron chi connectivity index (χ4n) is 3.27. The standard InChI is InChI=1S/C13H24N2O3/c1-2-18-12(16)11(14)13(5-3-4-6-13)15-7-9-17-10-8-15/h11H,2-10,14H2,1H3/t11-/m0/s1. The van der Waals surface area contributed by atoms with Gasteiger partial charge in [0.05, 0.1) is 19.8 Å². The van der Waals surface area contributed by atoms with E-state index in [0.717, 1.165) is 52.0 Å². The highest BCUT2D eigenvalue weighted by Gasteiger charge is 2.48. The average Bonchev–Trinajstić information content (AvgIpc) is 2.90. The molecule has 2 rings (SSSR count). The molecule has 1 heterocycles. The molecule has 0 amide bonds. The summed E-state index contributed by atoms with van der Waals surface area (Å²) in [4.78, 5) is 14.3. The molecule has 2 N–H and O–H groups in total. The number of carbonyl (C=O) groups is 1. The van der Waals surface area contributed by atoms with Gasteiger partial charge in [0, 0.05) is 18.6 Å². The van der Waals surface area contributed by atoms with E-state index in [9.17, 15) is 4.79 Å². The Morgan fingerprint density at radius 2 is 2.00 bits per heavy atom. The lowest BCUT2D eigenvalue weighted by molar-refractivity contribution is -0.150. The molecule has 1 saturated carbocycles. The first-order valence-electron chi connectivity index (χ1n) is 6.96. The van der Waals surface area contributed by atoms with Crippen molar-refractivity contribution in [3.63, 3.8) is 0 Å². The van der Waals surface area contributed by atoms with Gasteiger partial charge in [0.2, 0.25) is 0 Å². The second-order valence-electron chi connectivity index (χ2n) is 5.14. The number of ether oxygens (including phenoxy) is 2. The van der Waals surface area contributed by atoms with Crippen LogP contribution in [0.5, 0.6) is 0 Å². The van der Waals surface area contributed by atoms with E-state index in [-0.39, 0.29) is 11.5 Å². The third-order valence-corrected chi connectivity index (χ3v) is 4.23. The maximum absolute atomic E-state index is 12.0. The van der Waals surface area contributed by atoms with Crippen LogP contribution in [-0.4, -0.2) is 55.4 Å². The normalized spacial score (nSPS) is 25.9. The molecule has 104 valence electrons. The van der Waals surface area contributed by atoms with Gasteiger partial charge in [-0.05, 0) is 19.8 Å². The van der Waals surface area contributed by atoms with Crippen LogP contribution in [0.25, 0.3) is 0 Å². The van der Waals surface area contributed by atoms with Crippen LogP contribution in [0.2, 0.25) is 0 Å². The fraction of sp³-hybridized carbons (Fsp3) is 0.923. The van der Waals surface area contributed by atoms with Gasteiger partial charge >= 0.3 is 5.97 Å². The van der Waals surface area contributed by atoms with E-state index in [1.165, 1.54) is 0 Å². The number of nitrogens with zero attached hydrogens (tertiary/aromatic N) is 1. The van der Waals surface area contributed by atoms with E-state index in [0.29, 0.717) is 6.61 Å². The molecule has 0 unspecified atom stereocenters. The minimum atomic E-state index is -0.530. The van der Waals surface area contributed by atoms with Crippen LogP contribution in [0.4, 0.5) is 0 Å². The maximum Gasteiger partial charge on any atom is 0.324 e. The van der Waals surface area contributed by atoms with Crippen LogP contribution in [0.1, 0.15) is 32.6 Å². The molecule has 2 fully saturated rings. The molecule has 5 heteroatoms. The molecule has 0 aromatic rings. The number of hydrogen-bond donors (Lipinski definition) is 1. The number of nitrogens with two attached hydrogens (primary N) is 1. The summed E-state index contributed by atoms with van der Waals surface area (Å²) in [7, 11) is 0. The summed E-state index contributed by atoms with van der Waals surface area (Å²) in [5, 5.41) is 0. The van der Waals surface area contributed by atoms with Crippen molar-refractivity contribution in [2.45, 2.75) is 44.2 Å². The topological polar surface area (TPSA) is 64.8 Å². The van der Waals surface area contributed by atoms with Crippen molar-refractivity contribution in [2.24, 2.45) is 5.73 Å². The largest absolute Gasteiger partial charge is 0.465 e. The summed E-state index contributed by atoms with van der Waals surface area (Å²) in [6.45, 7) is 5.42. The predicted molar refractivity (Wildman–Crippen MR) is 68.2 cm³/mol. The van der Waals surface area contributed by atoms with Gasteiger partial charge in [-0.25, -0.2) is 0 Å². The monoisotopic (exact) mass is 256 g/mol. The lowest BCUT2D eigenvalue weighted by atomic mass is 9.86. The minimum absolute atomic E-state index is 0.198. The summed E-state index contributed by atoms with van der Waals surface area (Å²) in [6.07, 6.45) is 4.27. The SMILES string of the molecule is CCOC(=O)[C@H](N)C1(N2CCOCC2)CCCC1. The lowest BCUT2D eigenvalue weighted by Gasteiger charge is -2.45. The number of esters is 1. The van der Waals surface area contributed by atoms with Crippen LogP contribution >= 0.6 is 0 Å². The highest BCUT2D eigenvalue weighted by Crippen LogP contribution is 2.38. The highest BCUT2D eigenvalue weighted by molar-refractivity contribution is 5.77. The van der Waals surface area contributed by atoms with Crippen LogP contribution < -0.4 is 5.73 Å². The van der Waals surface area contributed by atoms with Gasteiger partial charge in [0.15, 0.2) is 0 Å². The third-order valence-electron chi connectivity index (χ3n) is 4.23. The lowest BCUT2D eigenvalue weighted by Crippen LogP contribution is -2.64. The molecule has 1 saturated heterocycles. The molecule has 2 aliphatic rings. The van der Waals surface area contributed by atoms with Crippen molar-refractivity contribution < 1.29 is 14.3 Å². The van der Waals surface area contributed by atoms with E-state index in [4.69, 9.17) is 15.2 Å². The molecule has 0 radical (unpaired) electrons. The molecule has 1 aliphatic carbocycles. The van der Waals surface area contributed by atoms with Crippen LogP contribution in [0.15, 0.2) is 0 Å². The van der Waals surface area contributed by atoms with Gasteiger partial charge in [-0.1, -0.05) is 12.8 Å². The first-order valence-corrected chi connectivity index (χ1v) is 6.96. The number of rotatable bonds is 4. The maximum atomic E-state index is 12.0. The highest BCUT2D eigenvalue weighted by atomic mass is 16.5. The van der Waals surface area contributed by atoms with E-state index >= 15 is 0 Å². The molecule has 0 bridgehead atoms. The van der Waals surface area contributed by atoms with Crippen molar-refractivity contribution in [1.82, 2.24) is 4.90 Å². The zero-order valence-electron chi connectivity index (χ0n) is 11.2. The summed E-state index contributed by atoms with van der Waals surface area (Å²) in [5.74, 6) is -0.258. The summed E-state index contributed by atoms with van der Waals surface area (Å²) >= 11 is 0. The Hall–Kier alpha value is -0.650. The smallest absolute Gasteiger partial charge is 0.324 e. The second kappa shape index (κ2) is 5.99. The van der Waals surface area contributed by atoms with Crippen molar-refractivity contribution in [3.05, 3.63) is 0 Å².